The molecule has 0 saturated carbocycles. The second-order valence-corrected chi connectivity index (χ2v) is 8.36. The molecule has 0 spiro atoms. The molecule has 1 aromatic heterocycles. The van der Waals surface area contributed by atoms with E-state index in [4.69, 9.17) is 0 Å². The summed E-state index contributed by atoms with van der Waals surface area (Å²) in [5, 5.41) is 0. The number of rotatable bonds is 4. The minimum Gasteiger partial charge on any atom is -0.273 e. The topological polar surface area (TPSA) is 75.3 Å². The fourth-order valence-corrected chi connectivity index (χ4v) is 4.23. The third-order valence-corrected chi connectivity index (χ3v) is 5.79. The summed E-state index contributed by atoms with van der Waals surface area (Å²) in [7, 11) is -3.74. The molecule has 0 atom stereocenters. The number of amides is 1. The van der Waals surface area contributed by atoms with E-state index in [1.807, 2.05) is 6.92 Å². The van der Waals surface area contributed by atoms with Gasteiger partial charge in [0.05, 0.1) is 3.79 Å². The highest BCUT2D eigenvalue weighted by molar-refractivity contribution is 9.11. The second kappa shape index (κ2) is 6.04. The molecular weight excluding hydrogens is 364 g/mol. The maximum Gasteiger partial charge on any atom is 0.266 e. The molecule has 1 heterocycles. The summed E-state index contributed by atoms with van der Waals surface area (Å²) in [6, 6.07) is 9.89. The molecule has 1 amide bonds. The van der Waals surface area contributed by atoms with Gasteiger partial charge in [-0.2, -0.15) is 0 Å². The fraction of sp³-hybridized carbons (Fsp3) is 0.0833. The van der Waals surface area contributed by atoms with Gasteiger partial charge in [-0.1, -0.05) is 17.7 Å². The van der Waals surface area contributed by atoms with Gasteiger partial charge in [-0.3, -0.25) is 10.2 Å². The van der Waals surface area contributed by atoms with Gasteiger partial charge in [-0.15, -0.1) is 16.2 Å². The van der Waals surface area contributed by atoms with Crippen molar-refractivity contribution < 1.29 is 13.2 Å². The van der Waals surface area contributed by atoms with E-state index in [-0.39, 0.29) is 4.21 Å². The smallest absolute Gasteiger partial charge is 0.266 e. The number of halogens is 1. The Balaban J connectivity index is 2.05. The van der Waals surface area contributed by atoms with Gasteiger partial charge in [-0.25, -0.2) is 8.42 Å². The molecule has 1 aromatic carbocycles. The molecule has 0 unspecified atom stereocenters. The normalized spacial score (nSPS) is 11.3. The first kappa shape index (κ1) is 15.2. The van der Waals surface area contributed by atoms with Crippen LogP contribution >= 0.6 is 27.3 Å². The average Bonchev–Trinajstić information content (AvgIpc) is 2.84. The van der Waals surface area contributed by atoms with Crippen molar-refractivity contribution in [3.8, 4) is 0 Å². The number of nitrogens with one attached hydrogen (secondary N) is 2. The van der Waals surface area contributed by atoms with Crippen molar-refractivity contribution in [2.45, 2.75) is 11.1 Å². The largest absolute Gasteiger partial charge is 0.273 e. The van der Waals surface area contributed by atoms with Crippen LogP contribution in [0.15, 0.2) is 44.4 Å². The Morgan fingerprint density at radius 1 is 1.15 bits per heavy atom. The van der Waals surface area contributed by atoms with E-state index in [9.17, 15) is 13.2 Å². The monoisotopic (exact) mass is 374 g/mol. The third kappa shape index (κ3) is 3.66. The Morgan fingerprint density at radius 3 is 2.35 bits per heavy atom. The maximum atomic E-state index is 11.9. The number of aryl methyl sites for hydroxylation is 1. The molecule has 0 aliphatic carbocycles. The van der Waals surface area contributed by atoms with Crippen LogP contribution in [0.2, 0.25) is 0 Å². The van der Waals surface area contributed by atoms with Crippen LogP contribution in [-0.4, -0.2) is 14.3 Å². The number of sulfonamides is 1. The Morgan fingerprint density at radius 2 is 1.80 bits per heavy atom. The highest BCUT2D eigenvalue weighted by Gasteiger charge is 2.17. The van der Waals surface area contributed by atoms with Gasteiger partial charge in [-0.05, 0) is 47.1 Å². The van der Waals surface area contributed by atoms with Gasteiger partial charge in [0.1, 0.15) is 4.21 Å². The van der Waals surface area contributed by atoms with Crippen LogP contribution in [0, 0.1) is 6.92 Å². The first-order valence-electron chi connectivity index (χ1n) is 5.52. The highest BCUT2D eigenvalue weighted by atomic mass is 79.9. The molecule has 0 bridgehead atoms. The van der Waals surface area contributed by atoms with E-state index in [0.717, 1.165) is 16.9 Å². The lowest BCUT2D eigenvalue weighted by Crippen LogP contribution is -2.41. The van der Waals surface area contributed by atoms with Crippen molar-refractivity contribution in [1.29, 1.82) is 0 Å². The lowest BCUT2D eigenvalue weighted by molar-refractivity contribution is 0.0945. The minimum atomic E-state index is -3.74. The summed E-state index contributed by atoms with van der Waals surface area (Å²) in [6.45, 7) is 1.90. The summed E-state index contributed by atoms with van der Waals surface area (Å²) in [5.74, 6) is -0.510. The lowest BCUT2D eigenvalue weighted by atomic mass is 10.1. The molecule has 2 N–H and O–H groups in total. The summed E-state index contributed by atoms with van der Waals surface area (Å²) in [4.78, 5) is 13.9. The SMILES string of the molecule is Cc1ccc(C(=O)NNS(=O)(=O)c2ccc(Br)s2)cc1. The molecule has 2 aromatic rings. The van der Waals surface area contributed by atoms with E-state index < -0.39 is 15.9 Å². The number of carbonyl (C=O) groups is 1. The molecule has 20 heavy (non-hydrogen) atoms. The molecule has 0 radical (unpaired) electrons. The van der Waals surface area contributed by atoms with Crippen LogP contribution in [0.1, 0.15) is 15.9 Å². The standard InChI is InChI=1S/C12H11BrN2O3S2/c1-8-2-4-9(5-3-8)12(16)14-15-20(17,18)11-7-6-10(13)19-11/h2-7,15H,1H3,(H,14,16). The minimum absolute atomic E-state index is 0.119. The van der Waals surface area contributed by atoms with Gasteiger partial charge in [0.25, 0.3) is 15.9 Å². The highest BCUT2D eigenvalue weighted by Crippen LogP contribution is 2.25. The van der Waals surface area contributed by atoms with Crippen LogP contribution in [0.25, 0.3) is 0 Å². The maximum absolute atomic E-state index is 11.9. The van der Waals surface area contributed by atoms with Crippen molar-refractivity contribution in [1.82, 2.24) is 10.3 Å². The second-order valence-electron chi connectivity index (χ2n) is 3.98. The molecule has 0 aliphatic rings. The quantitative estimate of drug-likeness (QED) is 0.807. The van der Waals surface area contributed by atoms with Crippen molar-refractivity contribution in [3.63, 3.8) is 0 Å². The van der Waals surface area contributed by atoms with Crippen LogP contribution in [0.3, 0.4) is 0 Å². The van der Waals surface area contributed by atoms with Crippen molar-refractivity contribution in [2.75, 3.05) is 0 Å². The molecular formula is C12H11BrN2O3S2. The van der Waals surface area contributed by atoms with E-state index in [1.54, 1.807) is 30.3 Å². The predicted octanol–water partition coefficient (Wildman–Crippen LogP) is 2.44. The van der Waals surface area contributed by atoms with E-state index >= 15 is 0 Å². The lowest BCUT2D eigenvalue weighted by Gasteiger charge is -2.07. The Hall–Kier alpha value is -1.22. The zero-order valence-electron chi connectivity index (χ0n) is 10.4. The zero-order valence-corrected chi connectivity index (χ0v) is 13.6. The molecule has 0 aliphatic heterocycles. The summed E-state index contributed by atoms with van der Waals surface area (Å²) in [6.07, 6.45) is 0. The van der Waals surface area contributed by atoms with Gasteiger partial charge in [0.2, 0.25) is 0 Å². The zero-order chi connectivity index (χ0) is 14.8. The van der Waals surface area contributed by atoms with Gasteiger partial charge < -0.3 is 0 Å². The molecule has 106 valence electrons. The third-order valence-electron chi connectivity index (χ3n) is 2.43. The van der Waals surface area contributed by atoms with E-state index in [1.165, 1.54) is 6.07 Å². The fourth-order valence-electron chi connectivity index (χ4n) is 1.38. The van der Waals surface area contributed by atoms with Gasteiger partial charge in [0.15, 0.2) is 0 Å². The number of benzene rings is 1. The van der Waals surface area contributed by atoms with Crippen LogP contribution in [0.5, 0.6) is 0 Å². The Labute approximate surface area is 129 Å². The first-order valence-corrected chi connectivity index (χ1v) is 8.62. The van der Waals surface area contributed by atoms with E-state index in [0.29, 0.717) is 9.35 Å². The van der Waals surface area contributed by atoms with Crippen molar-refractivity contribution in [3.05, 3.63) is 51.3 Å². The number of hydrazine groups is 1. The van der Waals surface area contributed by atoms with Crippen LogP contribution in [-0.2, 0) is 10.0 Å². The van der Waals surface area contributed by atoms with Crippen molar-refractivity contribution in [2.24, 2.45) is 0 Å². The molecule has 0 saturated heterocycles. The summed E-state index contributed by atoms with van der Waals surface area (Å²) < 4.78 is 24.6. The van der Waals surface area contributed by atoms with Gasteiger partial charge >= 0.3 is 0 Å². The van der Waals surface area contributed by atoms with E-state index in [2.05, 4.69) is 26.2 Å². The summed E-state index contributed by atoms with van der Waals surface area (Å²) in [5.41, 5.74) is 3.58. The predicted molar refractivity (Wildman–Crippen MR) is 81.0 cm³/mol. The number of thiophene rings is 1. The van der Waals surface area contributed by atoms with Crippen LogP contribution in [0.4, 0.5) is 0 Å². The molecule has 5 nitrogen and oxygen atoms in total. The number of hydrogen-bond acceptors (Lipinski definition) is 4. The first-order chi connectivity index (χ1) is 9.38. The average molecular weight is 375 g/mol. The Bertz CT molecular complexity index is 723. The van der Waals surface area contributed by atoms with Crippen LogP contribution < -0.4 is 10.3 Å². The Kier molecular flexibility index (Phi) is 4.59. The van der Waals surface area contributed by atoms with Crippen molar-refractivity contribution >= 4 is 43.2 Å². The summed E-state index contributed by atoms with van der Waals surface area (Å²) >= 11 is 4.25. The molecule has 8 heteroatoms. The molecule has 0 fully saturated rings. The molecule has 2 rings (SSSR count). The van der Waals surface area contributed by atoms with Gasteiger partial charge in [0, 0.05) is 5.56 Å². The number of carbonyl (C=O) groups excluding carboxylic acids is 1. The number of hydrogen-bond donors (Lipinski definition) is 2.